The molecule has 0 atom stereocenters. The second-order valence-corrected chi connectivity index (χ2v) is 3.95. The van der Waals surface area contributed by atoms with Crippen molar-refractivity contribution in [2.75, 3.05) is 17.7 Å². The van der Waals surface area contributed by atoms with Crippen LogP contribution in [0.15, 0.2) is 36.9 Å². The minimum absolute atomic E-state index is 0.552. The Bertz CT molecular complexity index is 677. The Morgan fingerprint density at radius 2 is 2.26 bits per heavy atom. The van der Waals surface area contributed by atoms with Gasteiger partial charge in [0.25, 0.3) is 0 Å². The van der Waals surface area contributed by atoms with E-state index in [1.54, 1.807) is 12.4 Å². The fourth-order valence-electron chi connectivity index (χ4n) is 1.77. The second-order valence-electron chi connectivity index (χ2n) is 3.95. The molecule has 19 heavy (non-hydrogen) atoms. The maximum Gasteiger partial charge on any atom is 0.180 e. The number of nitrogens with one attached hydrogen (secondary N) is 2. The van der Waals surface area contributed by atoms with Crippen LogP contribution < -0.4 is 10.6 Å². The molecule has 0 aromatic carbocycles. The minimum Gasteiger partial charge on any atom is -0.372 e. The topological polar surface area (TPSA) is 80.0 Å². The molecule has 3 rings (SSSR count). The number of nitrogens with zero attached hydrogens (tertiary/aromatic N) is 5. The van der Waals surface area contributed by atoms with Crippen LogP contribution in [0.2, 0.25) is 0 Å². The van der Waals surface area contributed by atoms with E-state index < -0.39 is 0 Å². The van der Waals surface area contributed by atoms with Crippen molar-refractivity contribution in [3.63, 3.8) is 0 Å². The Hall–Kier alpha value is -2.70. The van der Waals surface area contributed by atoms with Gasteiger partial charge in [0.15, 0.2) is 11.5 Å². The third-order valence-electron chi connectivity index (χ3n) is 2.69. The quantitative estimate of drug-likeness (QED) is 0.728. The summed E-state index contributed by atoms with van der Waals surface area (Å²) < 4.78 is 1.91. The maximum atomic E-state index is 4.45. The summed E-state index contributed by atoms with van der Waals surface area (Å²) in [6.45, 7) is 0.552. The molecule has 7 nitrogen and oxygen atoms in total. The van der Waals surface area contributed by atoms with Gasteiger partial charge in [0.2, 0.25) is 0 Å². The standard InChI is InChI=1S/C12H13N7/c1-13-10-8-19-6-5-14-12(19)11(17-10)15-7-9-3-2-4-16-18-9/h2-6,8,13H,7H2,1H3,(H,15,17). The summed E-state index contributed by atoms with van der Waals surface area (Å²) in [6.07, 6.45) is 7.15. The zero-order valence-electron chi connectivity index (χ0n) is 10.4. The smallest absolute Gasteiger partial charge is 0.180 e. The lowest BCUT2D eigenvalue weighted by molar-refractivity contribution is 0.919. The fourth-order valence-corrected chi connectivity index (χ4v) is 1.77. The number of hydrogen-bond donors (Lipinski definition) is 2. The van der Waals surface area contributed by atoms with E-state index >= 15 is 0 Å². The molecule has 0 radical (unpaired) electrons. The number of fused-ring (bicyclic) bond motifs is 1. The van der Waals surface area contributed by atoms with Crippen molar-refractivity contribution < 1.29 is 0 Å². The zero-order chi connectivity index (χ0) is 13.1. The Balaban J connectivity index is 1.89. The molecule has 0 saturated heterocycles. The van der Waals surface area contributed by atoms with Crippen molar-refractivity contribution in [1.82, 2.24) is 24.6 Å². The SMILES string of the molecule is CNc1cn2ccnc2c(NCc2cccnn2)n1. The minimum atomic E-state index is 0.552. The molecule has 7 heteroatoms. The molecule has 0 aliphatic carbocycles. The highest BCUT2D eigenvalue weighted by molar-refractivity contribution is 5.65. The van der Waals surface area contributed by atoms with Crippen LogP contribution in [0.5, 0.6) is 0 Å². The van der Waals surface area contributed by atoms with Crippen molar-refractivity contribution in [3.8, 4) is 0 Å². The molecule has 0 aliphatic heterocycles. The average molecular weight is 255 g/mol. The predicted octanol–water partition coefficient (Wildman–Crippen LogP) is 1.17. The van der Waals surface area contributed by atoms with Gasteiger partial charge in [0, 0.05) is 25.6 Å². The van der Waals surface area contributed by atoms with E-state index in [4.69, 9.17) is 0 Å². The lowest BCUT2D eigenvalue weighted by Gasteiger charge is -2.08. The molecule has 2 N–H and O–H groups in total. The molecular formula is C12H13N7. The van der Waals surface area contributed by atoms with Gasteiger partial charge in [-0.05, 0) is 12.1 Å². The highest BCUT2D eigenvalue weighted by Gasteiger charge is 2.06. The number of aromatic nitrogens is 5. The van der Waals surface area contributed by atoms with Crippen LogP contribution in [-0.4, -0.2) is 31.6 Å². The van der Waals surface area contributed by atoms with Gasteiger partial charge in [-0.25, -0.2) is 9.97 Å². The molecule has 0 aliphatic rings. The maximum absolute atomic E-state index is 4.45. The van der Waals surface area contributed by atoms with Gasteiger partial charge >= 0.3 is 0 Å². The monoisotopic (exact) mass is 255 g/mol. The molecule has 0 saturated carbocycles. The molecule has 0 spiro atoms. The lowest BCUT2D eigenvalue weighted by Crippen LogP contribution is -2.07. The second kappa shape index (κ2) is 4.89. The third-order valence-corrected chi connectivity index (χ3v) is 2.69. The first-order valence-electron chi connectivity index (χ1n) is 5.89. The summed E-state index contributed by atoms with van der Waals surface area (Å²) in [4.78, 5) is 8.73. The van der Waals surface area contributed by atoms with Gasteiger partial charge in [0.1, 0.15) is 5.82 Å². The zero-order valence-corrected chi connectivity index (χ0v) is 10.4. The summed E-state index contributed by atoms with van der Waals surface area (Å²) in [5.41, 5.74) is 1.63. The number of anilines is 2. The molecule has 3 heterocycles. The van der Waals surface area contributed by atoms with E-state index in [9.17, 15) is 0 Å². The van der Waals surface area contributed by atoms with Crippen LogP contribution in [0, 0.1) is 0 Å². The highest BCUT2D eigenvalue weighted by Crippen LogP contribution is 2.16. The van der Waals surface area contributed by atoms with E-state index in [0.717, 1.165) is 17.2 Å². The first-order chi connectivity index (χ1) is 9.36. The summed E-state index contributed by atoms with van der Waals surface area (Å²) in [6, 6.07) is 3.76. The molecule has 0 amide bonds. The van der Waals surface area contributed by atoms with Gasteiger partial charge in [-0.15, -0.1) is 0 Å². The van der Waals surface area contributed by atoms with Crippen LogP contribution >= 0.6 is 0 Å². The van der Waals surface area contributed by atoms with Crippen LogP contribution in [0.4, 0.5) is 11.6 Å². The Morgan fingerprint density at radius 3 is 3.05 bits per heavy atom. The highest BCUT2D eigenvalue weighted by atomic mass is 15.2. The molecule has 0 unspecified atom stereocenters. The van der Waals surface area contributed by atoms with Gasteiger partial charge < -0.3 is 15.0 Å². The number of rotatable bonds is 4. The number of imidazole rings is 1. The summed E-state index contributed by atoms with van der Waals surface area (Å²) in [5, 5.41) is 14.1. The lowest BCUT2D eigenvalue weighted by atomic mass is 10.4. The first kappa shape index (κ1) is 11.4. The van der Waals surface area contributed by atoms with E-state index in [-0.39, 0.29) is 0 Å². The summed E-state index contributed by atoms with van der Waals surface area (Å²) >= 11 is 0. The molecule has 3 aromatic heterocycles. The van der Waals surface area contributed by atoms with Crippen molar-refractivity contribution in [1.29, 1.82) is 0 Å². The van der Waals surface area contributed by atoms with Gasteiger partial charge in [-0.3, -0.25) is 0 Å². The Kier molecular flexibility index (Phi) is 2.93. The molecule has 3 aromatic rings. The largest absolute Gasteiger partial charge is 0.372 e. The number of hydrogen-bond acceptors (Lipinski definition) is 6. The van der Waals surface area contributed by atoms with Crippen LogP contribution in [-0.2, 0) is 6.54 Å². The fraction of sp³-hybridized carbons (Fsp3) is 0.167. The first-order valence-corrected chi connectivity index (χ1v) is 5.89. The van der Waals surface area contributed by atoms with E-state index in [1.165, 1.54) is 0 Å². The average Bonchev–Trinajstić information content (AvgIpc) is 2.94. The summed E-state index contributed by atoms with van der Waals surface area (Å²) in [7, 11) is 1.83. The van der Waals surface area contributed by atoms with E-state index in [2.05, 4.69) is 30.8 Å². The predicted molar refractivity (Wildman–Crippen MR) is 71.9 cm³/mol. The molecule has 0 fully saturated rings. The van der Waals surface area contributed by atoms with Crippen LogP contribution in [0.3, 0.4) is 0 Å². The summed E-state index contributed by atoms with van der Waals surface area (Å²) in [5.74, 6) is 1.48. The van der Waals surface area contributed by atoms with Crippen LogP contribution in [0.1, 0.15) is 5.69 Å². The Labute approximate surface area is 109 Å². The van der Waals surface area contributed by atoms with Gasteiger partial charge in [-0.2, -0.15) is 10.2 Å². The van der Waals surface area contributed by atoms with Crippen molar-refractivity contribution in [3.05, 3.63) is 42.6 Å². The molecule has 96 valence electrons. The van der Waals surface area contributed by atoms with E-state index in [0.29, 0.717) is 12.4 Å². The molecule has 0 bridgehead atoms. The van der Waals surface area contributed by atoms with Crippen molar-refractivity contribution in [2.24, 2.45) is 0 Å². The van der Waals surface area contributed by atoms with Crippen molar-refractivity contribution in [2.45, 2.75) is 6.54 Å². The third kappa shape index (κ3) is 2.30. The van der Waals surface area contributed by atoms with Crippen LogP contribution in [0.25, 0.3) is 5.65 Å². The van der Waals surface area contributed by atoms with E-state index in [1.807, 2.05) is 36.0 Å². The van der Waals surface area contributed by atoms with Gasteiger partial charge in [-0.1, -0.05) is 0 Å². The Morgan fingerprint density at radius 1 is 1.32 bits per heavy atom. The van der Waals surface area contributed by atoms with Gasteiger partial charge in [0.05, 0.1) is 18.4 Å². The normalized spacial score (nSPS) is 10.6. The van der Waals surface area contributed by atoms with Crippen molar-refractivity contribution >= 4 is 17.3 Å². The molecular weight excluding hydrogens is 242 g/mol.